The van der Waals surface area contributed by atoms with E-state index in [1.807, 2.05) is 13.8 Å². The zero-order chi connectivity index (χ0) is 13.9. The van der Waals surface area contributed by atoms with E-state index in [0.29, 0.717) is 19.0 Å². The molecule has 1 saturated heterocycles. The smallest absolute Gasteiger partial charge is 0.325 e. The van der Waals surface area contributed by atoms with Crippen molar-refractivity contribution in [1.82, 2.24) is 10.2 Å². The Bertz CT molecular complexity index is 354. The van der Waals surface area contributed by atoms with Crippen LogP contribution >= 0.6 is 0 Å². The number of hydrogen-bond acceptors (Lipinski definition) is 3. The van der Waals surface area contributed by atoms with Gasteiger partial charge in [-0.3, -0.25) is 14.4 Å². The quantitative estimate of drug-likeness (QED) is 0.729. The van der Waals surface area contributed by atoms with Crippen LogP contribution < -0.4 is 5.32 Å². The lowest BCUT2D eigenvalue weighted by Crippen LogP contribution is -2.42. The Kier molecular flexibility index (Phi) is 4.69. The number of amides is 2. The molecule has 1 aliphatic heterocycles. The number of likely N-dealkylation sites (tertiary alicyclic amines) is 1. The number of carboxylic acid groups (broad SMARTS) is 1. The third kappa shape index (κ3) is 3.72. The lowest BCUT2D eigenvalue weighted by molar-refractivity contribution is -0.141. The molecule has 18 heavy (non-hydrogen) atoms. The van der Waals surface area contributed by atoms with Gasteiger partial charge in [0.25, 0.3) is 0 Å². The van der Waals surface area contributed by atoms with Crippen molar-refractivity contribution in [3.05, 3.63) is 0 Å². The highest BCUT2D eigenvalue weighted by atomic mass is 16.4. The van der Waals surface area contributed by atoms with Gasteiger partial charge in [-0.15, -0.1) is 0 Å². The van der Waals surface area contributed by atoms with Gasteiger partial charge in [0.15, 0.2) is 0 Å². The summed E-state index contributed by atoms with van der Waals surface area (Å²) in [6.07, 6.45) is 0.172. The summed E-state index contributed by atoms with van der Waals surface area (Å²) in [5.41, 5.74) is 0. The molecule has 1 unspecified atom stereocenters. The summed E-state index contributed by atoms with van der Waals surface area (Å²) in [4.78, 5) is 35.8. The molecule has 2 atom stereocenters. The Morgan fingerprint density at radius 3 is 2.56 bits per heavy atom. The summed E-state index contributed by atoms with van der Waals surface area (Å²) >= 11 is 0. The normalized spacial score (nSPS) is 21.2. The summed E-state index contributed by atoms with van der Waals surface area (Å²) in [5, 5.41) is 11.1. The highest BCUT2D eigenvalue weighted by Gasteiger charge is 2.35. The van der Waals surface area contributed by atoms with Gasteiger partial charge in [0.2, 0.25) is 11.8 Å². The number of rotatable bonds is 5. The first-order chi connectivity index (χ1) is 8.31. The molecule has 0 aliphatic carbocycles. The van der Waals surface area contributed by atoms with Gasteiger partial charge >= 0.3 is 5.97 Å². The van der Waals surface area contributed by atoms with E-state index in [1.54, 1.807) is 4.90 Å². The zero-order valence-electron chi connectivity index (χ0n) is 11.0. The fourth-order valence-electron chi connectivity index (χ4n) is 1.96. The van der Waals surface area contributed by atoms with Crippen molar-refractivity contribution in [1.29, 1.82) is 0 Å². The first-order valence-corrected chi connectivity index (χ1v) is 6.12. The predicted octanol–water partition coefficient (Wildman–Crippen LogP) is 0.0802. The van der Waals surface area contributed by atoms with Crippen LogP contribution in [0.4, 0.5) is 0 Å². The minimum absolute atomic E-state index is 0.0353. The molecule has 0 aromatic heterocycles. The van der Waals surface area contributed by atoms with Gasteiger partial charge in [0.05, 0.1) is 5.92 Å². The average molecular weight is 256 g/mol. The van der Waals surface area contributed by atoms with Crippen LogP contribution in [0.3, 0.4) is 0 Å². The van der Waals surface area contributed by atoms with Gasteiger partial charge in [-0.2, -0.15) is 0 Å². The molecule has 1 aliphatic rings. The number of aliphatic carboxylic acids is 1. The van der Waals surface area contributed by atoms with Gasteiger partial charge in [-0.25, -0.2) is 0 Å². The van der Waals surface area contributed by atoms with Gasteiger partial charge < -0.3 is 15.3 Å². The molecule has 0 saturated carbocycles. The first kappa shape index (κ1) is 14.5. The fraction of sp³-hybridized carbons (Fsp3) is 0.750. The van der Waals surface area contributed by atoms with Crippen LogP contribution in [-0.2, 0) is 14.4 Å². The number of nitrogens with zero attached hydrogens (tertiary/aromatic N) is 1. The molecule has 2 N–H and O–H groups in total. The lowest BCUT2D eigenvalue weighted by atomic mass is 10.1. The maximum absolute atomic E-state index is 11.8. The second kappa shape index (κ2) is 5.84. The first-order valence-electron chi connectivity index (χ1n) is 6.12. The van der Waals surface area contributed by atoms with Crippen LogP contribution in [0.2, 0.25) is 0 Å². The van der Waals surface area contributed by atoms with E-state index in [-0.39, 0.29) is 18.2 Å². The highest BCUT2D eigenvalue weighted by molar-refractivity contribution is 5.91. The molecule has 0 radical (unpaired) electrons. The Morgan fingerprint density at radius 2 is 2.06 bits per heavy atom. The molecule has 2 amide bonds. The molecule has 102 valence electrons. The third-order valence-corrected chi connectivity index (χ3v) is 2.90. The lowest BCUT2D eigenvalue weighted by Gasteiger charge is -2.19. The zero-order valence-corrected chi connectivity index (χ0v) is 11.0. The van der Waals surface area contributed by atoms with Crippen LogP contribution in [0.25, 0.3) is 0 Å². The van der Waals surface area contributed by atoms with Crippen molar-refractivity contribution in [2.75, 3.05) is 13.1 Å². The molecular weight excluding hydrogens is 236 g/mol. The number of carbonyl (C=O) groups is 3. The van der Waals surface area contributed by atoms with Crippen molar-refractivity contribution >= 4 is 17.8 Å². The molecule has 0 aromatic carbocycles. The predicted molar refractivity (Wildman–Crippen MR) is 64.8 cm³/mol. The van der Waals surface area contributed by atoms with Crippen molar-refractivity contribution in [3.63, 3.8) is 0 Å². The monoisotopic (exact) mass is 256 g/mol. The summed E-state index contributed by atoms with van der Waals surface area (Å²) in [5.74, 6) is -1.55. The second-order valence-electron chi connectivity index (χ2n) is 5.16. The maximum Gasteiger partial charge on any atom is 0.325 e. The third-order valence-electron chi connectivity index (χ3n) is 2.90. The Balaban J connectivity index is 2.52. The number of hydrogen-bond donors (Lipinski definition) is 2. The van der Waals surface area contributed by atoms with E-state index >= 15 is 0 Å². The van der Waals surface area contributed by atoms with Gasteiger partial charge in [0, 0.05) is 19.5 Å². The Labute approximate surface area is 106 Å². The fourth-order valence-corrected chi connectivity index (χ4v) is 1.96. The molecule has 1 heterocycles. The second-order valence-corrected chi connectivity index (χ2v) is 5.16. The summed E-state index contributed by atoms with van der Waals surface area (Å²) in [7, 11) is 0. The van der Waals surface area contributed by atoms with E-state index in [0.717, 1.165) is 0 Å². The van der Waals surface area contributed by atoms with Crippen molar-refractivity contribution in [3.8, 4) is 0 Å². The molecule has 6 heteroatoms. The number of nitrogens with one attached hydrogen (secondary N) is 1. The van der Waals surface area contributed by atoms with Crippen LogP contribution in [0.5, 0.6) is 0 Å². The van der Waals surface area contributed by atoms with E-state index in [2.05, 4.69) is 5.32 Å². The summed E-state index contributed by atoms with van der Waals surface area (Å²) in [6.45, 7) is 6.44. The molecule has 0 bridgehead atoms. The minimum Gasteiger partial charge on any atom is -0.480 e. The van der Waals surface area contributed by atoms with E-state index in [9.17, 15) is 14.4 Å². The largest absolute Gasteiger partial charge is 0.480 e. The topological polar surface area (TPSA) is 86.7 Å². The molecular formula is C12H20N2O4. The van der Waals surface area contributed by atoms with Crippen molar-refractivity contribution < 1.29 is 19.5 Å². The van der Waals surface area contributed by atoms with Crippen LogP contribution in [-0.4, -0.2) is 46.9 Å². The highest BCUT2D eigenvalue weighted by Crippen LogP contribution is 2.19. The SMILES string of the molecule is CC(C)CN1CC(C(=O)N[C@@H](C)C(=O)O)CC1=O. The molecule has 0 spiro atoms. The van der Waals surface area contributed by atoms with Crippen LogP contribution in [0.1, 0.15) is 27.2 Å². The van der Waals surface area contributed by atoms with Crippen molar-refractivity contribution in [2.45, 2.75) is 33.2 Å². The number of carboxylic acids is 1. The Morgan fingerprint density at radius 1 is 1.44 bits per heavy atom. The average Bonchev–Trinajstić information content (AvgIpc) is 2.59. The maximum atomic E-state index is 11.8. The van der Waals surface area contributed by atoms with E-state index < -0.39 is 17.9 Å². The standard InChI is InChI=1S/C12H20N2O4/c1-7(2)5-14-6-9(4-10(14)15)11(16)13-8(3)12(17)18/h7-9H,4-6H2,1-3H3,(H,13,16)(H,17,18)/t8-,9?/m0/s1. The van der Waals surface area contributed by atoms with Crippen LogP contribution in [0.15, 0.2) is 0 Å². The molecule has 1 fully saturated rings. The Hall–Kier alpha value is -1.59. The van der Waals surface area contributed by atoms with Crippen LogP contribution in [0, 0.1) is 11.8 Å². The van der Waals surface area contributed by atoms with Crippen molar-refractivity contribution in [2.24, 2.45) is 11.8 Å². The minimum atomic E-state index is -1.08. The van der Waals surface area contributed by atoms with Gasteiger partial charge in [-0.05, 0) is 12.8 Å². The molecule has 1 rings (SSSR count). The molecule has 0 aromatic rings. The number of carbonyl (C=O) groups excluding carboxylic acids is 2. The van der Waals surface area contributed by atoms with Gasteiger partial charge in [0.1, 0.15) is 6.04 Å². The van der Waals surface area contributed by atoms with E-state index in [1.165, 1.54) is 6.92 Å². The summed E-state index contributed by atoms with van der Waals surface area (Å²) < 4.78 is 0. The van der Waals surface area contributed by atoms with E-state index in [4.69, 9.17) is 5.11 Å². The summed E-state index contributed by atoms with van der Waals surface area (Å²) in [6, 6.07) is -0.924. The molecule has 6 nitrogen and oxygen atoms in total. The van der Waals surface area contributed by atoms with Gasteiger partial charge in [-0.1, -0.05) is 13.8 Å².